The van der Waals surface area contributed by atoms with Crippen LogP contribution in [-0.4, -0.2) is 16.9 Å². The summed E-state index contributed by atoms with van der Waals surface area (Å²) in [7, 11) is 1.94. The van der Waals surface area contributed by atoms with Gasteiger partial charge in [-0.15, -0.1) is 11.3 Å². The normalized spacial score (nSPS) is 10.9. The summed E-state index contributed by atoms with van der Waals surface area (Å²) in [6.45, 7) is 1.25. The lowest BCUT2D eigenvalue weighted by molar-refractivity contribution is -0.384. The quantitative estimate of drug-likeness (QED) is 0.483. The van der Waals surface area contributed by atoms with Crippen molar-refractivity contribution < 1.29 is 4.92 Å². The molecule has 2 aromatic rings. The van der Waals surface area contributed by atoms with E-state index in [0.29, 0.717) is 18.8 Å². The highest BCUT2D eigenvalue weighted by atomic mass is 35.5. The smallest absolute Gasteiger partial charge is 0.293 e. The maximum Gasteiger partial charge on any atom is 0.293 e. The minimum atomic E-state index is -0.447. The average Bonchev–Trinajstić information content (AvgIpc) is 2.83. The second kappa shape index (κ2) is 6.86. The number of nitrogen functional groups attached to an aromatic ring is 1. The predicted octanol–water partition coefficient (Wildman–Crippen LogP) is 3.23. The molecule has 0 atom stereocenters. The van der Waals surface area contributed by atoms with E-state index in [0.717, 1.165) is 14.8 Å². The number of nitrogens with two attached hydrogens (primary N) is 1. The number of nitrogens with one attached hydrogen (secondary N) is 1. The van der Waals surface area contributed by atoms with E-state index in [1.165, 1.54) is 17.4 Å². The van der Waals surface area contributed by atoms with Crippen molar-refractivity contribution in [3.63, 3.8) is 0 Å². The Hall–Kier alpha value is -1.67. The maximum absolute atomic E-state index is 11.0. The van der Waals surface area contributed by atoms with Gasteiger partial charge in [0.15, 0.2) is 0 Å². The summed E-state index contributed by atoms with van der Waals surface area (Å²) in [5.74, 6) is 5.43. The minimum Gasteiger partial charge on any atom is -0.318 e. The summed E-state index contributed by atoms with van der Waals surface area (Å²) in [4.78, 5) is 13.7. The number of thiophene rings is 1. The van der Waals surface area contributed by atoms with Gasteiger partial charge in [0, 0.05) is 24.0 Å². The van der Waals surface area contributed by atoms with Crippen molar-refractivity contribution in [2.24, 2.45) is 5.84 Å². The van der Waals surface area contributed by atoms with Crippen LogP contribution >= 0.6 is 22.9 Å². The zero-order valence-corrected chi connectivity index (χ0v) is 12.9. The van der Waals surface area contributed by atoms with Crippen molar-refractivity contribution in [2.75, 3.05) is 12.5 Å². The number of anilines is 1. The number of hydrazine groups is 1. The molecule has 0 aliphatic rings. The number of nitro groups is 1. The van der Waals surface area contributed by atoms with Crippen molar-refractivity contribution in [1.29, 1.82) is 0 Å². The van der Waals surface area contributed by atoms with Crippen LogP contribution in [0.1, 0.15) is 10.4 Å². The number of nitrogens with zero attached hydrogens (tertiary/aromatic N) is 2. The van der Waals surface area contributed by atoms with Gasteiger partial charge in [-0.05, 0) is 24.7 Å². The Morgan fingerprint density at radius 3 is 2.71 bits per heavy atom. The number of hydrogen-bond acceptors (Lipinski definition) is 6. The third-order valence-corrected chi connectivity index (χ3v) is 4.18. The Morgan fingerprint density at radius 1 is 1.38 bits per heavy atom. The van der Waals surface area contributed by atoms with E-state index < -0.39 is 4.92 Å². The van der Waals surface area contributed by atoms with E-state index in [9.17, 15) is 10.1 Å². The molecule has 0 unspecified atom stereocenters. The molecule has 1 aromatic carbocycles. The molecule has 21 heavy (non-hydrogen) atoms. The second-order valence-corrected chi connectivity index (χ2v) is 6.39. The number of nitro benzene ring substituents is 1. The molecule has 0 amide bonds. The molecule has 3 N–H and O–H groups in total. The van der Waals surface area contributed by atoms with Crippen molar-refractivity contribution in [3.05, 3.63) is 55.2 Å². The number of benzene rings is 1. The Bertz CT molecular complexity index is 647. The van der Waals surface area contributed by atoms with Gasteiger partial charge in [0.25, 0.3) is 5.69 Å². The SMILES string of the molecule is CN(Cc1ccc(Cl)s1)Cc1cccc([N+](=O)[O-])c1NN. The van der Waals surface area contributed by atoms with Crippen LogP contribution in [0, 0.1) is 10.1 Å². The molecule has 0 spiro atoms. The third-order valence-electron chi connectivity index (χ3n) is 2.96. The van der Waals surface area contributed by atoms with E-state index in [-0.39, 0.29) is 5.69 Å². The van der Waals surface area contributed by atoms with Crippen LogP contribution in [0.5, 0.6) is 0 Å². The first kappa shape index (κ1) is 15.7. The first-order chi connectivity index (χ1) is 10.0. The Labute approximate surface area is 131 Å². The van der Waals surface area contributed by atoms with Gasteiger partial charge in [-0.25, -0.2) is 0 Å². The van der Waals surface area contributed by atoms with Gasteiger partial charge in [-0.1, -0.05) is 23.7 Å². The highest BCUT2D eigenvalue weighted by molar-refractivity contribution is 7.16. The molecule has 0 aliphatic heterocycles. The molecular weight excluding hydrogens is 312 g/mol. The largest absolute Gasteiger partial charge is 0.318 e. The van der Waals surface area contributed by atoms with E-state index in [4.69, 9.17) is 17.4 Å². The van der Waals surface area contributed by atoms with Crippen LogP contribution < -0.4 is 11.3 Å². The first-order valence-corrected chi connectivity index (χ1v) is 7.36. The van der Waals surface area contributed by atoms with E-state index in [1.54, 1.807) is 6.07 Å². The molecule has 0 aliphatic carbocycles. The molecule has 6 nitrogen and oxygen atoms in total. The lowest BCUT2D eigenvalue weighted by Crippen LogP contribution is -2.19. The van der Waals surface area contributed by atoms with E-state index in [2.05, 4.69) is 5.43 Å². The topological polar surface area (TPSA) is 84.4 Å². The summed E-state index contributed by atoms with van der Waals surface area (Å²) in [6, 6.07) is 8.73. The highest BCUT2D eigenvalue weighted by Crippen LogP contribution is 2.29. The van der Waals surface area contributed by atoms with Gasteiger partial charge < -0.3 is 5.43 Å². The van der Waals surface area contributed by atoms with Crippen LogP contribution in [0.4, 0.5) is 11.4 Å². The van der Waals surface area contributed by atoms with Crippen LogP contribution in [0.2, 0.25) is 4.34 Å². The molecule has 8 heteroatoms. The predicted molar refractivity (Wildman–Crippen MR) is 85.4 cm³/mol. The average molecular weight is 327 g/mol. The minimum absolute atomic E-state index is 0.0254. The lowest BCUT2D eigenvalue weighted by Gasteiger charge is -2.17. The van der Waals surface area contributed by atoms with E-state index in [1.807, 2.05) is 30.1 Å². The second-order valence-electron chi connectivity index (χ2n) is 4.59. The molecule has 2 rings (SSSR count). The Kier molecular flexibility index (Phi) is 5.13. The number of halogens is 1. The fraction of sp³-hybridized carbons (Fsp3) is 0.231. The summed E-state index contributed by atoms with van der Waals surface area (Å²) >= 11 is 7.43. The zero-order valence-electron chi connectivity index (χ0n) is 11.4. The molecule has 1 heterocycles. The van der Waals surface area contributed by atoms with Gasteiger partial charge >= 0.3 is 0 Å². The Balaban J connectivity index is 2.15. The molecular formula is C13H15ClN4O2S. The van der Waals surface area contributed by atoms with Crippen LogP contribution in [-0.2, 0) is 13.1 Å². The van der Waals surface area contributed by atoms with Crippen molar-refractivity contribution in [2.45, 2.75) is 13.1 Å². The van der Waals surface area contributed by atoms with Crippen LogP contribution in [0.25, 0.3) is 0 Å². The van der Waals surface area contributed by atoms with Gasteiger partial charge in [0.2, 0.25) is 0 Å². The molecule has 0 saturated heterocycles. The summed E-state index contributed by atoms with van der Waals surface area (Å²) in [6.07, 6.45) is 0. The molecule has 1 aromatic heterocycles. The lowest BCUT2D eigenvalue weighted by atomic mass is 10.1. The van der Waals surface area contributed by atoms with Gasteiger partial charge in [-0.3, -0.25) is 20.9 Å². The van der Waals surface area contributed by atoms with Crippen molar-refractivity contribution in [3.8, 4) is 0 Å². The zero-order chi connectivity index (χ0) is 15.4. The van der Waals surface area contributed by atoms with Crippen LogP contribution in [0.3, 0.4) is 0 Å². The van der Waals surface area contributed by atoms with Gasteiger partial charge in [-0.2, -0.15) is 0 Å². The van der Waals surface area contributed by atoms with Gasteiger partial charge in [0.1, 0.15) is 5.69 Å². The number of rotatable bonds is 6. The fourth-order valence-corrected chi connectivity index (χ4v) is 3.25. The van der Waals surface area contributed by atoms with Crippen LogP contribution in [0.15, 0.2) is 30.3 Å². The highest BCUT2D eigenvalue weighted by Gasteiger charge is 2.17. The molecule has 0 saturated carbocycles. The number of hydrogen-bond donors (Lipinski definition) is 2. The third kappa shape index (κ3) is 3.92. The summed E-state index contributed by atoms with van der Waals surface area (Å²) < 4.78 is 0.748. The van der Waals surface area contributed by atoms with Crippen molar-refractivity contribution in [1.82, 2.24) is 4.90 Å². The molecule has 0 bridgehead atoms. The summed E-state index contributed by atoms with van der Waals surface area (Å²) in [5.41, 5.74) is 3.53. The fourth-order valence-electron chi connectivity index (χ4n) is 2.09. The van der Waals surface area contributed by atoms with E-state index >= 15 is 0 Å². The standard InChI is InChI=1S/C13H15ClN4O2S/c1-17(8-10-5-6-12(14)21-10)7-9-3-2-4-11(18(19)20)13(9)16-15/h2-6,16H,7-8,15H2,1H3. The number of para-hydroxylation sites is 1. The molecule has 112 valence electrons. The van der Waals surface area contributed by atoms with Crippen molar-refractivity contribution >= 4 is 34.3 Å². The molecule has 0 radical (unpaired) electrons. The first-order valence-electron chi connectivity index (χ1n) is 6.17. The molecule has 0 fully saturated rings. The monoisotopic (exact) mass is 326 g/mol. The van der Waals surface area contributed by atoms with Gasteiger partial charge in [0.05, 0.1) is 9.26 Å². The summed E-state index contributed by atoms with van der Waals surface area (Å²) in [5, 5.41) is 11.0. The maximum atomic E-state index is 11.0. The Morgan fingerprint density at radius 2 is 2.14 bits per heavy atom.